The maximum atomic E-state index is 11.7. The molecule has 0 aromatic carbocycles. The smallest absolute Gasteiger partial charge is 0.316 e. The van der Waals surface area contributed by atoms with Crippen molar-refractivity contribution in [3.8, 4) is 0 Å². The molecule has 0 radical (unpaired) electrons. The molecule has 2 rings (SSSR count). The van der Waals surface area contributed by atoms with E-state index in [1.54, 1.807) is 12.1 Å². The molecule has 0 atom stereocenters. The molecule has 2 N–H and O–H groups in total. The van der Waals surface area contributed by atoms with Crippen molar-refractivity contribution < 1.29 is 0 Å². The number of nitrogen functional groups attached to an aromatic ring is 1. The fraction of sp³-hybridized carbons (Fsp3) is 0.182. The van der Waals surface area contributed by atoms with Crippen LogP contribution in [0.3, 0.4) is 0 Å². The zero-order valence-corrected chi connectivity index (χ0v) is 10.4. The Hall–Kier alpha value is -2.08. The number of aryl methyl sites for hydroxylation is 1. The Bertz CT molecular complexity index is 705. The maximum absolute atomic E-state index is 11.7. The number of hydrogen-bond acceptors (Lipinski definition) is 4. The minimum absolute atomic E-state index is 0.110. The highest BCUT2D eigenvalue weighted by molar-refractivity contribution is 6.31. The zero-order chi connectivity index (χ0) is 13.3. The molecule has 0 saturated heterocycles. The summed E-state index contributed by atoms with van der Waals surface area (Å²) in [4.78, 5) is 27.2. The van der Waals surface area contributed by atoms with Gasteiger partial charge in [0.05, 0.1) is 17.3 Å². The molecule has 0 unspecified atom stereocenters. The Morgan fingerprint density at radius 2 is 2.00 bits per heavy atom. The summed E-state index contributed by atoms with van der Waals surface area (Å²) in [6.45, 7) is 0.110. The number of rotatable bonds is 2. The van der Waals surface area contributed by atoms with Crippen molar-refractivity contribution in [3.63, 3.8) is 0 Å². The van der Waals surface area contributed by atoms with E-state index in [-0.39, 0.29) is 6.54 Å². The number of nitrogens with zero attached hydrogens (tertiary/aromatic N) is 3. The van der Waals surface area contributed by atoms with Crippen LogP contribution in [-0.2, 0) is 13.6 Å². The van der Waals surface area contributed by atoms with Crippen molar-refractivity contribution in [1.29, 1.82) is 0 Å². The van der Waals surface area contributed by atoms with Crippen LogP contribution >= 0.6 is 11.6 Å². The van der Waals surface area contributed by atoms with Crippen molar-refractivity contribution >= 4 is 17.4 Å². The van der Waals surface area contributed by atoms with Crippen molar-refractivity contribution in [2.45, 2.75) is 6.54 Å². The van der Waals surface area contributed by atoms with Gasteiger partial charge in [0.25, 0.3) is 0 Å². The van der Waals surface area contributed by atoms with E-state index < -0.39 is 11.1 Å². The lowest BCUT2D eigenvalue weighted by atomic mass is 10.3. The third-order valence-electron chi connectivity index (χ3n) is 2.49. The number of aromatic nitrogens is 3. The summed E-state index contributed by atoms with van der Waals surface area (Å²) in [6, 6.07) is 3.17. The Morgan fingerprint density at radius 1 is 1.28 bits per heavy atom. The predicted octanol–water partition coefficient (Wildman–Crippen LogP) is 0.226. The van der Waals surface area contributed by atoms with Crippen LogP contribution in [0.1, 0.15) is 5.69 Å². The Labute approximate surface area is 107 Å². The molecule has 0 amide bonds. The molecule has 18 heavy (non-hydrogen) atoms. The molecular weight excluding hydrogens is 256 g/mol. The minimum atomic E-state index is -0.625. The molecular formula is C11H11ClN4O2. The number of anilines is 1. The van der Waals surface area contributed by atoms with E-state index in [2.05, 4.69) is 4.98 Å². The number of nitrogens with two attached hydrogens (primary N) is 1. The molecule has 0 saturated carbocycles. The highest BCUT2D eigenvalue weighted by Crippen LogP contribution is 2.15. The second-order valence-corrected chi connectivity index (χ2v) is 4.22. The summed E-state index contributed by atoms with van der Waals surface area (Å²) in [5.74, 6) is 0.311. The van der Waals surface area contributed by atoms with E-state index in [0.717, 1.165) is 0 Å². The third kappa shape index (κ3) is 2.28. The average molecular weight is 267 g/mol. The molecule has 0 aliphatic rings. The summed E-state index contributed by atoms with van der Waals surface area (Å²) in [5, 5.41) is 0.400. The summed E-state index contributed by atoms with van der Waals surface area (Å²) < 4.78 is 2.46. The maximum Gasteiger partial charge on any atom is 0.316 e. The van der Waals surface area contributed by atoms with Gasteiger partial charge >= 0.3 is 11.1 Å². The van der Waals surface area contributed by atoms with Crippen LogP contribution in [0.4, 0.5) is 5.82 Å². The number of halogens is 1. The van der Waals surface area contributed by atoms with Crippen molar-refractivity contribution in [3.05, 3.63) is 56.0 Å². The van der Waals surface area contributed by atoms with Crippen molar-refractivity contribution in [1.82, 2.24) is 14.1 Å². The second kappa shape index (κ2) is 4.66. The number of hydrogen-bond donors (Lipinski definition) is 1. The molecule has 0 aliphatic carbocycles. The van der Waals surface area contributed by atoms with Gasteiger partial charge in [0.15, 0.2) is 0 Å². The van der Waals surface area contributed by atoms with Gasteiger partial charge in [-0.1, -0.05) is 11.6 Å². The van der Waals surface area contributed by atoms with Crippen LogP contribution in [0.25, 0.3) is 0 Å². The number of pyridine rings is 1. The Kier molecular flexibility index (Phi) is 3.20. The molecule has 0 spiro atoms. The molecule has 6 nitrogen and oxygen atoms in total. The van der Waals surface area contributed by atoms with Gasteiger partial charge in [-0.25, -0.2) is 4.98 Å². The molecule has 94 valence electrons. The first kappa shape index (κ1) is 12.4. The summed E-state index contributed by atoms with van der Waals surface area (Å²) in [6.07, 6.45) is 3.01. The van der Waals surface area contributed by atoms with Gasteiger partial charge in [0.1, 0.15) is 5.82 Å². The SMILES string of the molecule is Cn1ccn(Cc2nc(N)ccc2Cl)c(=O)c1=O. The topological polar surface area (TPSA) is 82.9 Å². The summed E-state index contributed by atoms with van der Waals surface area (Å²) in [7, 11) is 1.51. The first-order valence-electron chi connectivity index (χ1n) is 5.16. The molecule has 2 aromatic rings. The lowest BCUT2D eigenvalue weighted by Crippen LogP contribution is -2.39. The normalized spacial score (nSPS) is 10.6. The fourth-order valence-corrected chi connectivity index (χ4v) is 1.65. The van der Waals surface area contributed by atoms with E-state index in [0.29, 0.717) is 16.5 Å². The van der Waals surface area contributed by atoms with E-state index in [1.807, 2.05) is 0 Å². The highest BCUT2D eigenvalue weighted by atomic mass is 35.5. The van der Waals surface area contributed by atoms with E-state index in [4.69, 9.17) is 17.3 Å². The van der Waals surface area contributed by atoms with Crippen LogP contribution in [-0.4, -0.2) is 14.1 Å². The minimum Gasteiger partial charge on any atom is -0.384 e. The van der Waals surface area contributed by atoms with Gasteiger partial charge < -0.3 is 14.9 Å². The van der Waals surface area contributed by atoms with E-state index in [9.17, 15) is 9.59 Å². The average Bonchev–Trinajstić information content (AvgIpc) is 2.34. The van der Waals surface area contributed by atoms with Gasteiger partial charge in [-0.05, 0) is 12.1 Å². The predicted molar refractivity (Wildman–Crippen MR) is 68.7 cm³/mol. The summed E-state index contributed by atoms with van der Waals surface area (Å²) in [5.41, 5.74) is 4.78. The van der Waals surface area contributed by atoms with E-state index in [1.165, 1.54) is 28.6 Å². The molecule has 0 fully saturated rings. The van der Waals surface area contributed by atoms with Crippen molar-refractivity contribution in [2.75, 3.05) is 5.73 Å². The molecule has 2 aromatic heterocycles. The van der Waals surface area contributed by atoms with Crippen LogP contribution < -0.4 is 16.9 Å². The van der Waals surface area contributed by atoms with Crippen LogP contribution in [0, 0.1) is 0 Å². The van der Waals surface area contributed by atoms with Gasteiger partial charge in [0.2, 0.25) is 0 Å². The van der Waals surface area contributed by atoms with Crippen LogP contribution in [0.5, 0.6) is 0 Å². The zero-order valence-electron chi connectivity index (χ0n) is 9.63. The lowest BCUT2D eigenvalue weighted by Gasteiger charge is -2.07. The monoisotopic (exact) mass is 266 g/mol. The van der Waals surface area contributed by atoms with Gasteiger partial charge in [-0.2, -0.15) is 0 Å². The quantitative estimate of drug-likeness (QED) is 0.789. The Morgan fingerprint density at radius 3 is 2.72 bits per heavy atom. The van der Waals surface area contributed by atoms with Gasteiger partial charge in [-0.3, -0.25) is 9.59 Å². The Balaban J connectivity index is 2.47. The third-order valence-corrected chi connectivity index (χ3v) is 2.84. The van der Waals surface area contributed by atoms with E-state index >= 15 is 0 Å². The second-order valence-electron chi connectivity index (χ2n) is 3.81. The van der Waals surface area contributed by atoms with Crippen LogP contribution in [0.15, 0.2) is 34.1 Å². The lowest BCUT2D eigenvalue weighted by molar-refractivity contribution is 0.685. The highest BCUT2D eigenvalue weighted by Gasteiger charge is 2.07. The van der Waals surface area contributed by atoms with Gasteiger partial charge in [0, 0.05) is 19.4 Å². The molecule has 0 aliphatic heterocycles. The standard InChI is InChI=1S/C11H11ClN4O2/c1-15-4-5-16(11(18)10(15)17)6-8-7(12)2-3-9(13)14-8/h2-5H,6H2,1H3,(H2,13,14). The first-order valence-corrected chi connectivity index (χ1v) is 5.54. The first-order chi connectivity index (χ1) is 8.49. The molecule has 2 heterocycles. The summed E-state index contributed by atoms with van der Waals surface area (Å²) >= 11 is 5.95. The fourth-order valence-electron chi connectivity index (χ4n) is 1.49. The largest absolute Gasteiger partial charge is 0.384 e. The molecule has 7 heteroatoms. The van der Waals surface area contributed by atoms with Crippen LogP contribution in [0.2, 0.25) is 5.02 Å². The molecule has 0 bridgehead atoms. The van der Waals surface area contributed by atoms with Crippen molar-refractivity contribution in [2.24, 2.45) is 7.05 Å². The van der Waals surface area contributed by atoms with Gasteiger partial charge in [-0.15, -0.1) is 0 Å².